The molecular formula is C20H22ClFN2O3S. The monoisotopic (exact) mass is 424 g/mol. The number of thioether (sulfide) groups is 1. The lowest BCUT2D eigenvalue weighted by Crippen LogP contribution is -2.29. The van der Waals surface area contributed by atoms with Crippen molar-refractivity contribution < 1.29 is 18.7 Å². The Bertz CT molecular complexity index is 815. The first-order chi connectivity index (χ1) is 13.4. The molecule has 0 heterocycles. The van der Waals surface area contributed by atoms with Gasteiger partial charge in [0.1, 0.15) is 5.82 Å². The Labute approximate surface area is 173 Å². The zero-order valence-corrected chi connectivity index (χ0v) is 17.3. The van der Waals surface area contributed by atoms with Crippen LogP contribution < -0.4 is 5.32 Å². The molecule has 0 saturated carbocycles. The van der Waals surface area contributed by atoms with E-state index in [0.29, 0.717) is 23.6 Å². The summed E-state index contributed by atoms with van der Waals surface area (Å²) in [6.07, 6.45) is 0. The van der Waals surface area contributed by atoms with Crippen molar-refractivity contribution in [2.45, 2.75) is 11.4 Å². The van der Waals surface area contributed by atoms with Gasteiger partial charge in [-0.05, 0) is 24.3 Å². The van der Waals surface area contributed by atoms with Gasteiger partial charge in [-0.15, -0.1) is 11.8 Å². The number of hydrogen-bond acceptors (Lipinski definition) is 4. The number of ether oxygens (including phenoxy) is 1. The maximum absolute atomic E-state index is 14.0. The van der Waals surface area contributed by atoms with Gasteiger partial charge in [0.05, 0.1) is 17.9 Å². The van der Waals surface area contributed by atoms with Crippen molar-refractivity contribution in [1.82, 2.24) is 10.2 Å². The minimum atomic E-state index is -0.456. The number of carbonyl (C=O) groups is 2. The second kappa shape index (κ2) is 11.0. The van der Waals surface area contributed by atoms with Crippen LogP contribution in [0.4, 0.5) is 4.39 Å². The number of benzene rings is 2. The summed E-state index contributed by atoms with van der Waals surface area (Å²) >= 11 is 7.33. The fraction of sp³-hybridized carbons (Fsp3) is 0.300. The number of amides is 2. The van der Waals surface area contributed by atoms with E-state index in [9.17, 15) is 14.0 Å². The van der Waals surface area contributed by atoms with E-state index in [0.717, 1.165) is 0 Å². The van der Waals surface area contributed by atoms with Crippen LogP contribution in [0.1, 0.15) is 15.9 Å². The molecule has 0 aliphatic heterocycles. The Kier molecular flexibility index (Phi) is 8.76. The third kappa shape index (κ3) is 6.22. The highest BCUT2D eigenvalue weighted by Crippen LogP contribution is 2.25. The highest BCUT2D eigenvalue weighted by Gasteiger charge is 2.19. The molecule has 0 unspecified atom stereocenters. The second-order valence-electron chi connectivity index (χ2n) is 5.99. The summed E-state index contributed by atoms with van der Waals surface area (Å²) in [5.41, 5.74) is 0.717. The Balaban J connectivity index is 2.06. The molecule has 8 heteroatoms. The van der Waals surface area contributed by atoms with Crippen LogP contribution in [0.25, 0.3) is 0 Å². The molecule has 150 valence electrons. The van der Waals surface area contributed by atoms with E-state index >= 15 is 0 Å². The average Bonchev–Trinajstić information content (AvgIpc) is 2.69. The normalized spacial score (nSPS) is 10.6. The summed E-state index contributed by atoms with van der Waals surface area (Å²) in [6, 6.07) is 11.4. The van der Waals surface area contributed by atoms with Crippen molar-refractivity contribution in [3.63, 3.8) is 0 Å². The molecular weight excluding hydrogens is 403 g/mol. The highest BCUT2D eigenvalue weighted by molar-refractivity contribution is 8.00. The van der Waals surface area contributed by atoms with E-state index < -0.39 is 5.82 Å². The van der Waals surface area contributed by atoms with Crippen LogP contribution in [0, 0.1) is 5.82 Å². The van der Waals surface area contributed by atoms with Crippen LogP contribution >= 0.6 is 23.4 Å². The van der Waals surface area contributed by atoms with Crippen LogP contribution in [0.3, 0.4) is 0 Å². The largest absolute Gasteiger partial charge is 0.383 e. The first kappa shape index (κ1) is 22.2. The van der Waals surface area contributed by atoms with Crippen LogP contribution in [0.5, 0.6) is 0 Å². The van der Waals surface area contributed by atoms with Gasteiger partial charge in [-0.3, -0.25) is 9.59 Å². The third-order valence-electron chi connectivity index (χ3n) is 3.91. The molecule has 1 N–H and O–H groups in total. The number of carbonyl (C=O) groups excluding carboxylic acids is 2. The van der Waals surface area contributed by atoms with E-state index in [1.54, 1.807) is 44.5 Å². The number of rotatable bonds is 9. The van der Waals surface area contributed by atoms with Gasteiger partial charge < -0.3 is 15.0 Å². The lowest BCUT2D eigenvalue weighted by atomic mass is 10.1. The SMILES string of the molecule is COCCNC(=O)CSc1ccccc1C(=O)N(C)Cc1c(F)cccc1Cl. The maximum Gasteiger partial charge on any atom is 0.255 e. The van der Waals surface area contributed by atoms with Crippen LogP contribution in [0.15, 0.2) is 47.4 Å². The quantitative estimate of drug-likeness (QED) is 0.493. The molecule has 0 bridgehead atoms. The zero-order chi connectivity index (χ0) is 20.5. The van der Waals surface area contributed by atoms with Crippen LogP contribution in [-0.2, 0) is 16.1 Å². The van der Waals surface area contributed by atoms with Crippen LogP contribution in [-0.4, -0.2) is 49.8 Å². The van der Waals surface area contributed by atoms with Crippen molar-refractivity contribution in [3.8, 4) is 0 Å². The maximum atomic E-state index is 14.0. The van der Waals surface area contributed by atoms with Gasteiger partial charge >= 0.3 is 0 Å². The van der Waals surface area contributed by atoms with Crippen LogP contribution in [0.2, 0.25) is 5.02 Å². The van der Waals surface area contributed by atoms with Crippen molar-refractivity contribution in [2.24, 2.45) is 0 Å². The van der Waals surface area contributed by atoms with E-state index in [2.05, 4.69) is 5.32 Å². The number of nitrogens with one attached hydrogen (secondary N) is 1. The molecule has 2 aromatic rings. The summed E-state index contributed by atoms with van der Waals surface area (Å²) in [4.78, 5) is 26.8. The van der Waals surface area contributed by atoms with Gasteiger partial charge in [0.2, 0.25) is 5.91 Å². The molecule has 0 spiro atoms. The molecule has 0 aliphatic carbocycles. The fourth-order valence-corrected chi connectivity index (χ4v) is 3.55. The molecule has 0 fully saturated rings. The van der Waals surface area contributed by atoms with Gasteiger partial charge in [0, 0.05) is 42.7 Å². The third-order valence-corrected chi connectivity index (χ3v) is 5.34. The fourth-order valence-electron chi connectivity index (χ4n) is 2.45. The first-order valence-corrected chi connectivity index (χ1v) is 9.96. The van der Waals surface area contributed by atoms with Crippen molar-refractivity contribution in [1.29, 1.82) is 0 Å². The predicted octanol–water partition coefficient (Wildman–Crippen LogP) is 3.61. The number of halogens is 2. The standard InChI is InChI=1S/C20H22ClFN2O3S/c1-24(12-15-16(21)7-5-8-17(15)22)20(26)14-6-3-4-9-18(14)28-13-19(25)23-10-11-27-2/h3-9H,10-13H2,1-2H3,(H,23,25). The van der Waals surface area contributed by atoms with Crippen molar-refractivity contribution in [2.75, 3.05) is 33.1 Å². The lowest BCUT2D eigenvalue weighted by molar-refractivity contribution is -0.118. The summed E-state index contributed by atoms with van der Waals surface area (Å²) in [5, 5.41) is 3.01. The summed E-state index contributed by atoms with van der Waals surface area (Å²) in [5.74, 6) is -0.697. The minimum absolute atomic E-state index is 0.0425. The molecule has 0 saturated heterocycles. The molecule has 5 nitrogen and oxygen atoms in total. The first-order valence-electron chi connectivity index (χ1n) is 8.60. The van der Waals surface area contributed by atoms with E-state index in [-0.39, 0.29) is 34.7 Å². The Hall–Kier alpha value is -2.09. The predicted molar refractivity (Wildman–Crippen MR) is 109 cm³/mol. The van der Waals surface area contributed by atoms with Crippen molar-refractivity contribution >= 4 is 35.2 Å². The molecule has 0 radical (unpaired) electrons. The molecule has 2 amide bonds. The van der Waals surface area contributed by atoms with E-state index in [4.69, 9.17) is 16.3 Å². The Morgan fingerprint density at radius 1 is 1.21 bits per heavy atom. The number of hydrogen-bond donors (Lipinski definition) is 1. The minimum Gasteiger partial charge on any atom is -0.383 e. The Morgan fingerprint density at radius 2 is 1.96 bits per heavy atom. The van der Waals surface area contributed by atoms with Gasteiger partial charge in [-0.2, -0.15) is 0 Å². The lowest BCUT2D eigenvalue weighted by Gasteiger charge is -2.20. The molecule has 0 aliphatic rings. The molecule has 2 aromatic carbocycles. The van der Waals surface area contributed by atoms with Gasteiger partial charge in [0.15, 0.2) is 0 Å². The van der Waals surface area contributed by atoms with Crippen molar-refractivity contribution in [3.05, 3.63) is 64.4 Å². The van der Waals surface area contributed by atoms with Gasteiger partial charge in [-0.1, -0.05) is 29.8 Å². The summed E-state index contributed by atoms with van der Waals surface area (Å²) < 4.78 is 18.9. The molecule has 28 heavy (non-hydrogen) atoms. The zero-order valence-electron chi connectivity index (χ0n) is 15.7. The average molecular weight is 425 g/mol. The molecule has 2 rings (SSSR count). The number of methoxy groups -OCH3 is 1. The van der Waals surface area contributed by atoms with Gasteiger partial charge in [-0.25, -0.2) is 4.39 Å². The second-order valence-corrected chi connectivity index (χ2v) is 7.41. The van der Waals surface area contributed by atoms with E-state index in [1.807, 2.05) is 0 Å². The topological polar surface area (TPSA) is 58.6 Å². The highest BCUT2D eigenvalue weighted by atomic mass is 35.5. The Morgan fingerprint density at radius 3 is 2.68 bits per heavy atom. The van der Waals surface area contributed by atoms with Gasteiger partial charge in [0.25, 0.3) is 5.91 Å². The number of nitrogens with zero attached hydrogens (tertiary/aromatic N) is 1. The smallest absolute Gasteiger partial charge is 0.255 e. The molecule has 0 aromatic heterocycles. The summed E-state index contributed by atoms with van der Waals surface area (Å²) in [6.45, 7) is 0.915. The summed E-state index contributed by atoms with van der Waals surface area (Å²) in [7, 11) is 3.15. The molecule has 0 atom stereocenters. The van der Waals surface area contributed by atoms with E-state index in [1.165, 1.54) is 28.8 Å².